The van der Waals surface area contributed by atoms with Gasteiger partial charge in [-0.15, -0.1) is 0 Å². The van der Waals surface area contributed by atoms with Gasteiger partial charge in [0.1, 0.15) is 5.15 Å². The first kappa shape index (κ1) is 11.6. The predicted molar refractivity (Wildman–Crippen MR) is 70.8 cm³/mol. The third-order valence-electron chi connectivity index (χ3n) is 2.63. The van der Waals surface area contributed by atoms with Crippen molar-refractivity contribution in [3.8, 4) is 5.69 Å². The number of aromatic amines is 1. The fourth-order valence-electron chi connectivity index (χ4n) is 1.82. The molecule has 3 aromatic heterocycles. The number of aromatic nitrogens is 4. The number of hydrogen-bond donors (Lipinski definition) is 1. The van der Waals surface area contributed by atoms with E-state index in [-0.39, 0.29) is 16.2 Å². The monoisotopic (exact) mass is 274 g/mol. The molecule has 0 fully saturated rings. The van der Waals surface area contributed by atoms with Gasteiger partial charge in [0.25, 0.3) is 5.56 Å². The molecule has 7 heteroatoms. The molecule has 0 amide bonds. The van der Waals surface area contributed by atoms with Crippen molar-refractivity contribution >= 4 is 22.6 Å². The molecule has 0 saturated carbocycles. The van der Waals surface area contributed by atoms with Crippen LogP contribution in [0, 0.1) is 0 Å². The number of fused-ring (bicyclic) bond motifs is 1. The van der Waals surface area contributed by atoms with Gasteiger partial charge in [-0.05, 0) is 24.3 Å². The molecule has 0 aliphatic rings. The average molecular weight is 275 g/mol. The molecule has 3 heterocycles. The zero-order chi connectivity index (χ0) is 13.4. The summed E-state index contributed by atoms with van der Waals surface area (Å²) in [6, 6.07) is 6.39. The van der Waals surface area contributed by atoms with Crippen LogP contribution in [0.25, 0.3) is 16.7 Å². The van der Waals surface area contributed by atoms with Gasteiger partial charge in [-0.1, -0.05) is 11.6 Å². The van der Waals surface area contributed by atoms with Crippen LogP contribution in [0.3, 0.4) is 0 Å². The van der Waals surface area contributed by atoms with Gasteiger partial charge in [0, 0.05) is 6.20 Å². The molecule has 0 aliphatic carbocycles. The minimum Gasteiger partial charge on any atom is -0.273 e. The maximum atomic E-state index is 12.0. The van der Waals surface area contributed by atoms with E-state index in [1.54, 1.807) is 18.3 Å². The lowest BCUT2D eigenvalue weighted by Crippen LogP contribution is -2.29. The van der Waals surface area contributed by atoms with E-state index in [4.69, 9.17) is 11.6 Å². The van der Waals surface area contributed by atoms with Crippen molar-refractivity contribution in [2.45, 2.75) is 0 Å². The molecule has 94 valence electrons. The largest absolute Gasteiger partial charge is 0.334 e. The van der Waals surface area contributed by atoms with Crippen molar-refractivity contribution in [1.29, 1.82) is 0 Å². The molecule has 6 nitrogen and oxygen atoms in total. The summed E-state index contributed by atoms with van der Waals surface area (Å²) < 4.78 is 1.26. The molecule has 0 atom stereocenters. The summed E-state index contributed by atoms with van der Waals surface area (Å²) in [5.74, 6) is 0. The number of hydrogen-bond acceptors (Lipinski definition) is 4. The quantitative estimate of drug-likeness (QED) is 0.674. The highest BCUT2D eigenvalue weighted by Crippen LogP contribution is 2.13. The smallest absolute Gasteiger partial charge is 0.273 e. The summed E-state index contributed by atoms with van der Waals surface area (Å²) in [6.07, 6.45) is 3.09. The molecule has 3 aromatic rings. The van der Waals surface area contributed by atoms with E-state index in [0.29, 0.717) is 5.69 Å². The highest BCUT2D eigenvalue weighted by Gasteiger charge is 2.10. The number of rotatable bonds is 1. The molecule has 19 heavy (non-hydrogen) atoms. The minimum atomic E-state index is -0.583. The zero-order valence-electron chi connectivity index (χ0n) is 9.50. The molecule has 0 saturated heterocycles. The van der Waals surface area contributed by atoms with E-state index < -0.39 is 11.2 Å². The van der Waals surface area contributed by atoms with Crippen LogP contribution in [-0.4, -0.2) is 19.5 Å². The van der Waals surface area contributed by atoms with Crippen LogP contribution in [0.2, 0.25) is 5.15 Å². The van der Waals surface area contributed by atoms with Crippen molar-refractivity contribution in [2.24, 2.45) is 0 Å². The predicted octanol–water partition coefficient (Wildman–Crippen LogP) is 1.12. The molecular formula is C12H7ClN4O2. The fourth-order valence-corrected chi connectivity index (χ4v) is 1.96. The van der Waals surface area contributed by atoms with Crippen molar-refractivity contribution < 1.29 is 0 Å². The SMILES string of the molecule is O=c1[nH]c(=O)n(-c2cccnc2)c2nc(Cl)ccc12. The second-order valence-electron chi connectivity index (χ2n) is 3.81. The van der Waals surface area contributed by atoms with E-state index in [1.807, 2.05) is 0 Å². The highest BCUT2D eigenvalue weighted by atomic mass is 35.5. The van der Waals surface area contributed by atoms with Crippen LogP contribution in [0.4, 0.5) is 0 Å². The first-order valence-corrected chi connectivity index (χ1v) is 5.76. The number of H-pyrrole nitrogens is 1. The van der Waals surface area contributed by atoms with Gasteiger partial charge in [-0.2, -0.15) is 0 Å². The second-order valence-corrected chi connectivity index (χ2v) is 4.20. The van der Waals surface area contributed by atoms with Crippen LogP contribution >= 0.6 is 11.6 Å². The van der Waals surface area contributed by atoms with Gasteiger partial charge >= 0.3 is 5.69 Å². The average Bonchev–Trinajstić information content (AvgIpc) is 2.39. The maximum Gasteiger partial charge on any atom is 0.334 e. The Hall–Kier alpha value is -2.47. The summed E-state index contributed by atoms with van der Waals surface area (Å²) in [4.78, 5) is 33.9. The Morgan fingerprint density at radius 2 is 2.05 bits per heavy atom. The summed E-state index contributed by atoms with van der Waals surface area (Å²) in [5.41, 5.74) is -0.373. The van der Waals surface area contributed by atoms with Gasteiger partial charge < -0.3 is 0 Å². The summed E-state index contributed by atoms with van der Waals surface area (Å²) in [6.45, 7) is 0. The van der Waals surface area contributed by atoms with Gasteiger partial charge in [0.15, 0.2) is 5.65 Å². The first-order chi connectivity index (χ1) is 9.16. The lowest BCUT2D eigenvalue weighted by molar-refractivity contribution is 0.919. The highest BCUT2D eigenvalue weighted by molar-refractivity contribution is 6.29. The lowest BCUT2D eigenvalue weighted by atomic mass is 10.3. The van der Waals surface area contributed by atoms with Gasteiger partial charge in [-0.25, -0.2) is 14.3 Å². The van der Waals surface area contributed by atoms with E-state index in [1.165, 1.54) is 22.9 Å². The van der Waals surface area contributed by atoms with Gasteiger partial charge in [-0.3, -0.25) is 14.8 Å². The van der Waals surface area contributed by atoms with Crippen LogP contribution in [-0.2, 0) is 0 Å². The van der Waals surface area contributed by atoms with E-state index in [9.17, 15) is 9.59 Å². The zero-order valence-corrected chi connectivity index (χ0v) is 10.3. The third-order valence-corrected chi connectivity index (χ3v) is 2.84. The molecule has 0 radical (unpaired) electrons. The lowest BCUT2D eigenvalue weighted by Gasteiger charge is -2.07. The van der Waals surface area contributed by atoms with Crippen LogP contribution in [0.15, 0.2) is 46.2 Å². The molecule has 0 spiro atoms. The van der Waals surface area contributed by atoms with Crippen LogP contribution in [0.5, 0.6) is 0 Å². The number of pyridine rings is 2. The van der Waals surface area contributed by atoms with E-state index >= 15 is 0 Å². The minimum absolute atomic E-state index is 0.203. The Balaban J connectivity index is 2.51. The normalized spacial score (nSPS) is 10.8. The van der Waals surface area contributed by atoms with Crippen molar-refractivity contribution in [1.82, 2.24) is 19.5 Å². The molecule has 0 bridgehead atoms. The van der Waals surface area contributed by atoms with Gasteiger partial charge in [0.2, 0.25) is 0 Å². The molecule has 0 aromatic carbocycles. The Labute approximate surface area is 111 Å². The van der Waals surface area contributed by atoms with Crippen molar-refractivity contribution in [3.63, 3.8) is 0 Å². The van der Waals surface area contributed by atoms with Crippen molar-refractivity contribution in [2.75, 3.05) is 0 Å². The van der Waals surface area contributed by atoms with Gasteiger partial charge in [0.05, 0.1) is 17.3 Å². The topological polar surface area (TPSA) is 80.6 Å². The van der Waals surface area contributed by atoms with E-state index in [2.05, 4.69) is 15.0 Å². The Morgan fingerprint density at radius 1 is 1.21 bits per heavy atom. The summed E-state index contributed by atoms with van der Waals surface area (Å²) >= 11 is 5.83. The number of nitrogens with zero attached hydrogens (tertiary/aromatic N) is 3. The molecule has 3 rings (SSSR count). The Morgan fingerprint density at radius 3 is 2.79 bits per heavy atom. The number of nitrogens with one attached hydrogen (secondary N) is 1. The molecule has 0 unspecified atom stereocenters. The first-order valence-electron chi connectivity index (χ1n) is 5.39. The second kappa shape index (κ2) is 4.33. The fraction of sp³-hybridized carbons (Fsp3) is 0. The maximum absolute atomic E-state index is 12.0. The van der Waals surface area contributed by atoms with Crippen LogP contribution in [0.1, 0.15) is 0 Å². The summed E-state index contributed by atoms with van der Waals surface area (Å²) in [5, 5.41) is 0.489. The van der Waals surface area contributed by atoms with Crippen molar-refractivity contribution in [3.05, 3.63) is 62.7 Å². The van der Waals surface area contributed by atoms with Crippen LogP contribution < -0.4 is 11.2 Å². The number of halogens is 1. The Kier molecular flexibility index (Phi) is 2.64. The summed E-state index contributed by atoms with van der Waals surface area (Å²) in [7, 11) is 0. The van der Waals surface area contributed by atoms with E-state index in [0.717, 1.165) is 0 Å². The molecule has 0 aliphatic heterocycles. The standard InChI is InChI=1S/C12H7ClN4O2/c13-9-4-3-8-10(15-9)17(12(19)16-11(8)18)7-2-1-5-14-6-7/h1-6H,(H,16,18,19). The molecular weight excluding hydrogens is 268 g/mol. The Bertz CT molecular complexity index is 870. The third kappa shape index (κ3) is 1.92. The molecule has 1 N–H and O–H groups in total.